The van der Waals surface area contributed by atoms with E-state index >= 15 is 0 Å². The summed E-state index contributed by atoms with van der Waals surface area (Å²) in [5.74, 6) is 1.33. The molecule has 0 saturated carbocycles. The molecule has 0 atom stereocenters. The maximum absolute atomic E-state index is 2.20. The van der Waals surface area contributed by atoms with Gasteiger partial charge in [-0.05, 0) is 21.9 Å². The van der Waals surface area contributed by atoms with Crippen molar-refractivity contribution in [2.24, 2.45) is 0 Å². The summed E-state index contributed by atoms with van der Waals surface area (Å²) in [6.07, 6.45) is 0. The van der Waals surface area contributed by atoms with Crippen molar-refractivity contribution in [3.8, 4) is 0 Å². The van der Waals surface area contributed by atoms with Crippen molar-refractivity contribution in [3.63, 3.8) is 0 Å². The van der Waals surface area contributed by atoms with Gasteiger partial charge in [0.2, 0.25) is 0 Å². The van der Waals surface area contributed by atoms with Crippen LogP contribution in [-0.4, -0.2) is 0 Å². The van der Waals surface area contributed by atoms with Gasteiger partial charge in [0, 0.05) is 5.92 Å². The molecule has 3 aromatic carbocycles. The molecule has 0 unspecified atom stereocenters. The van der Waals surface area contributed by atoms with Gasteiger partial charge in [0.05, 0.1) is 0 Å². The average molecular weight is 231 g/mol. The third-order valence-corrected chi connectivity index (χ3v) is 3.40. The molecular formula is C18H15. The topological polar surface area (TPSA) is 0 Å². The minimum Gasteiger partial charge on any atom is -0.0622 e. The van der Waals surface area contributed by atoms with Crippen molar-refractivity contribution < 1.29 is 0 Å². The largest absolute Gasteiger partial charge is 0.0622 e. The van der Waals surface area contributed by atoms with Gasteiger partial charge in [0.25, 0.3) is 0 Å². The lowest BCUT2D eigenvalue weighted by molar-refractivity contribution is 1.21. The Morgan fingerprint density at radius 1 is 0.667 bits per heavy atom. The van der Waals surface area contributed by atoms with Gasteiger partial charge in [-0.3, -0.25) is 0 Å². The lowest BCUT2D eigenvalue weighted by Gasteiger charge is -2.14. The molecule has 18 heavy (non-hydrogen) atoms. The highest BCUT2D eigenvalue weighted by Crippen LogP contribution is 2.29. The normalized spacial score (nSPS) is 11.0. The van der Waals surface area contributed by atoms with E-state index in [1.807, 2.05) is 0 Å². The monoisotopic (exact) mass is 231 g/mol. The van der Waals surface area contributed by atoms with Gasteiger partial charge in [-0.15, -0.1) is 0 Å². The van der Waals surface area contributed by atoms with Crippen LogP contribution in [-0.2, 0) is 0 Å². The van der Waals surface area contributed by atoms with Crippen LogP contribution >= 0.6 is 0 Å². The summed E-state index contributed by atoms with van der Waals surface area (Å²) in [4.78, 5) is 0. The zero-order chi connectivity index (χ0) is 12.4. The fraction of sp³-hybridized carbons (Fsp3) is 0.0556. The van der Waals surface area contributed by atoms with Crippen LogP contribution < -0.4 is 0 Å². The molecule has 0 N–H and O–H groups in total. The van der Waals surface area contributed by atoms with E-state index in [0.717, 1.165) is 0 Å². The first-order chi connectivity index (χ1) is 8.86. The molecule has 0 spiro atoms. The summed E-state index contributed by atoms with van der Waals surface area (Å²) in [7, 11) is 0. The summed E-state index contributed by atoms with van der Waals surface area (Å²) in [6, 6.07) is 25.6. The Balaban J connectivity index is 2.15. The minimum atomic E-state index is 1.29. The summed E-state index contributed by atoms with van der Waals surface area (Å²) >= 11 is 0. The standard InChI is InChI=1S/C18H15/c1-14(15-8-3-2-4-9-15)17-13-7-11-16-10-5-6-12-18(16)17/h2-13H,1H3. The minimum absolute atomic E-state index is 1.29. The van der Waals surface area contributed by atoms with Crippen LogP contribution in [0.5, 0.6) is 0 Å². The van der Waals surface area contributed by atoms with E-state index in [-0.39, 0.29) is 0 Å². The molecule has 0 heteroatoms. The summed E-state index contributed by atoms with van der Waals surface area (Å²) in [5, 5.41) is 2.62. The average Bonchev–Trinajstić information content (AvgIpc) is 2.47. The lowest BCUT2D eigenvalue weighted by Crippen LogP contribution is -1.97. The maximum Gasteiger partial charge on any atom is 0.0315 e. The van der Waals surface area contributed by atoms with E-state index in [0.29, 0.717) is 0 Å². The second-order valence-corrected chi connectivity index (χ2v) is 4.52. The van der Waals surface area contributed by atoms with Gasteiger partial charge >= 0.3 is 0 Å². The van der Waals surface area contributed by atoms with E-state index < -0.39 is 0 Å². The molecule has 0 aliphatic carbocycles. The van der Waals surface area contributed by atoms with Crippen LogP contribution in [0.25, 0.3) is 10.8 Å². The molecule has 3 aromatic rings. The van der Waals surface area contributed by atoms with E-state index in [1.165, 1.54) is 27.8 Å². The van der Waals surface area contributed by atoms with Crippen molar-refractivity contribution >= 4 is 10.8 Å². The van der Waals surface area contributed by atoms with E-state index in [2.05, 4.69) is 79.7 Å². The quantitative estimate of drug-likeness (QED) is 0.592. The van der Waals surface area contributed by atoms with E-state index in [9.17, 15) is 0 Å². The SMILES string of the molecule is C[C](c1ccccc1)c1cccc2ccccc12. The Labute approximate surface area is 108 Å². The van der Waals surface area contributed by atoms with Crippen molar-refractivity contribution in [2.45, 2.75) is 6.92 Å². The molecule has 0 aliphatic heterocycles. The first kappa shape index (κ1) is 11.0. The Kier molecular flexibility index (Phi) is 2.85. The van der Waals surface area contributed by atoms with Crippen LogP contribution in [0.4, 0.5) is 0 Å². The Morgan fingerprint density at radius 3 is 2.17 bits per heavy atom. The van der Waals surface area contributed by atoms with Crippen molar-refractivity contribution in [2.75, 3.05) is 0 Å². The molecule has 3 rings (SSSR count). The molecule has 0 saturated heterocycles. The van der Waals surface area contributed by atoms with Gasteiger partial charge in [-0.25, -0.2) is 0 Å². The highest BCUT2D eigenvalue weighted by atomic mass is 14.1. The molecule has 0 amide bonds. The predicted octanol–water partition coefficient (Wildman–Crippen LogP) is 4.83. The van der Waals surface area contributed by atoms with Crippen molar-refractivity contribution in [3.05, 3.63) is 89.8 Å². The third-order valence-electron chi connectivity index (χ3n) is 3.40. The van der Waals surface area contributed by atoms with Crippen molar-refractivity contribution in [1.29, 1.82) is 0 Å². The van der Waals surface area contributed by atoms with E-state index in [4.69, 9.17) is 0 Å². The van der Waals surface area contributed by atoms with Gasteiger partial charge in [0.1, 0.15) is 0 Å². The van der Waals surface area contributed by atoms with Gasteiger partial charge in [0.15, 0.2) is 0 Å². The number of fused-ring (bicyclic) bond motifs is 1. The van der Waals surface area contributed by atoms with Gasteiger partial charge in [-0.2, -0.15) is 0 Å². The lowest BCUT2D eigenvalue weighted by atomic mass is 9.89. The molecule has 0 aromatic heterocycles. The summed E-state index contributed by atoms with van der Waals surface area (Å²) in [5.41, 5.74) is 2.60. The smallest absolute Gasteiger partial charge is 0.0315 e. The molecule has 0 heterocycles. The second kappa shape index (κ2) is 4.66. The molecule has 1 radical (unpaired) electrons. The van der Waals surface area contributed by atoms with Gasteiger partial charge in [-0.1, -0.05) is 79.7 Å². The highest BCUT2D eigenvalue weighted by molar-refractivity contribution is 5.88. The molecular weight excluding hydrogens is 216 g/mol. The summed E-state index contributed by atoms with van der Waals surface area (Å²) in [6.45, 7) is 2.19. The van der Waals surface area contributed by atoms with Crippen LogP contribution in [0.2, 0.25) is 0 Å². The van der Waals surface area contributed by atoms with Crippen molar-refractivity contribution in [1.82, 2.24) is 0 Å². The summed E-state index contributed by atoms with van der Waals surface area (Å²) < 4.78 is 0. The first-order valence-corrected chi connectivity index (χ1v) is 6.23. The molecule has 0 aliphatic rings. The van der Waals surface area contributed by atoms with Crippen LogP contribution in [0.3, 0.4) is 0 Å². The van der Waals surface area contributed by atoms with Crippen LogP contribution in [0, 0.1) is 5.92 Å². The van der Waals surface area contributed by atoms with E-state index in [1.54, 1.807) is 0 Å². The molecule has 0 fully saturated rings. The Morgan fingerprint density at radius 2 is 1.33 bits per heavy atom. The zero-order valence-corrected chi connectivity index (χ0v) is 10.4. The molecule has 0 nitrogen and oxygen atoms in total. The van der Waals surface area contributed by atoms with Crippen LogP contribution in [0.1, 0.15) is 18.1 Å². The van der Waals surface area contributed by atoms with Gasteiger partial charge < -0.3 is 0 Å². The fourth-order valence-electron chi connectivity index (χ4n) is 2.40. The number of hydrogen-bond donors (Lipinski definition) is 0. The number of benzene rings is 3. The molecule has 87 valence electrons. The maximum atomic E-state index is 2.20. The third kappa shape index (κ3) is 1.91. The Hall–Kier alpha value is -2.08. The first-order valence-electron chi connectivity index (χ1n) is 6.23. The highest BCUT2D eigenvalue weighted by Gasteiger charge is 2.11. The van der Waals surface area contributed by atoms with Crippen LogP contribution in [0.15, 0.2) is 72.8 Å². The number of rotatable bonds is 2. The molecule has 0 bridgehead atoms. The fourth-order valence-corrected chi connectivity index (χ4v) is 2.40. The number of hydrogen-bond acceptors (Lipinski definition) is 0. The second-order valence-electron chi connectivity index (χ2n) is 4.52. The predicted molar refractivity (Wildman–Crippen MR) is 77.5 cm³/mol. The Bertz CT molecular complexity index is 648. The zero-order valence-electron chi connectivity index (χ0n) is 10.4.